The predicted octanol–water partition coefficient (Wildman–Crippen LogP) is 2.75. The molecule has 27 heavy (non-hydrogen) atoms. The highest BCUT2D eigenvalue weighted by Crippen LogP contribution is 2.40. The molecule has 0 saturated carbocycles. The van der Waals surface area contributed by atoms with Gasteiger partial charge in [0.25, 0.3) is 0 Å². The van der Waals surface area contributed by atoms with Gasteiger partial charge in [-0.25, -0.2) is 0 Å². The maximum absolute atomic E-state index is 12.4. The van der Waals surface area contributed by atoms with Crippen molar-refractivity contribution in [1.82, 2.24) is 15.1 Å². The molecule has 2 aliphatic heterocycles. The number of nitrogens with one attached hydrogen (secondary N) is 1. The molecule has 2 saturated heterocycles. The second kappa shape index (κ2) is 8.70. The minimum atomic E-state index is 0.0200. The number of piperidine rings is 2. The minimum Gasteiger partial charge on any atom is -0.348 e. The Morgan fingerprint density at radius 2 is 1.96 bits per heavy atom. The van der Waals surface area contributed by atoms with Gasteiger partial charge in [0.2, 0.25) is 11.8 Å². The Hall–Kier alpha value is -2.14. The Balaban J connectivity index is 1.47. The Kier molecular flexibility index (Phi) is 6.32. The van der Waals surface area contributed by atoms with E-state index in [2.05, 4.69) is 16.8 Å². The average Bonchev–Trinajstić information content (AvgIpc) is 2.68. The summed E-state index contributed by atoms with van der Waals surface area (Å²) < 4.78 is 0. The highest BCUT2D eigenvalue weighted by atomic mass is 16.2. The van der Waals surface area contributed by atoms with Crippen molar-refractivity contribution in [3.8, 4) is 0 Å². The lowest BCUT2D eigenvalue weighted by molar-refractivity contribution is -0.138. The summed E-state index contributed by atoms with van der Waals surface area (Å²) >= 11 is 0. The van der Waals surface area contributed by atoms with Crippen LogP contribution in [-0.2, 0) is 9.59 Å². The van der Waals surface area contributed by atoms with Crippen LogP contribution in [0.4, 0.5) is 0 Å². The Bertz CT molecular complexity index is 665. The first kappa shape index (κ1) is 19.6. The lowest BCUT2D eigenvalue weighted by atomic mass is 9.72. The normalized spacial score (nSPS) is 21.1. The molecule has 3 rings (SSSR count). The number of rotatable bonds is 6. The first-order valence-corrected chi connectivity index (χ1v) is 9.97. The first-order chi connectivity index (χ1) is 13.0. The topological polar surface area (TPSA) is 52.7 Å². The van der Waals surface area contributed by atoms with Crippen LogP contribution in [0.3, 0.4) is 0 Å². The highest BCUT2D eigenvalue weighted by Gasteiger charge is 2.40. The summed E-state index contributed by atoms with van der Waals surface area (Å²) in [4.78, 5) is 28.7. The summed E-state index contributed by atoms with van der Waals surface area (Å²) in [5.74, 6) is 0.326. The van der Waals surface area contributed by atoms with Crippen LogP contribution in [-0.4, -0.2) is 54.3 Å². The molecule has 5 nitrogen and oxygen atoms in total. The summed E-state index contributed by atoms with van der Waals surface area (Å²) in [5.41, 5.74) is 1.35. The van der Waals surface area contributed by atoms with E-state index in [9.17, 15) is 9.59 Å². The largest absolute Gasteiger partial charge is 0.348 e. The molecule has 0 aromatic heterocycles. The SMILES string of the molecule is C=CCN1CC2(CCC1=O)CCN(CC(=O)NC(C)c1ccccc1)CC2. The molecule has 2 fully saturated rings. The monoisotopic (exact) mass is 369 g/mol. The standard InChI is InChI=1S/C22H31N3O2/c1-3-13-25-17-22(10-9-21(25)27)11-14-24(15-12-22)16-20(26)23-18(2)19-7-5-4-6-8-19/h3-8,18H,1,9-17H2,2H3,(H,23,26). The molecule has 146 valence electrons. The van der Waals surface area contributed by atoms with Gasteiger partial charge in [0.05, 0.1) is 12.6 Å². The van der Waals surface area contributed by atoms with Crippen molar-refractivity contribution in [3.05, 3.63) is 48.6 Å². The number of hydrogen-bond acceptors (Lipinski definition) is 3. The van der Waals surface area contributed by atoms with Crippen LogP contribution in [0.25, 0.3) is 0 Å². The number of nitrogens with zero attached hydrogens (tertiary/aromatic N) is 2. The van der Waals surface area contributed by atoms with Crippen molar-refractivity contribution in [2.45, 2.75) is 38.6 Å². The Labute approximate surface area is 162 Å². The molecule has 1 N–H and O–H groups in total. The fraction of sp³-hybridized carbons (Fsp3) is 0.545. The molecule has 1 spiro atoms. The molecule has 2 amide bonds. The lowest BCUT2D eigenvalue weighted by Crippen LogP contribution is -2.52. The zero-order valence-corrected chi connectivity index (χ0v) is 16.3. The maximum atomic E-state index is 12.4. The van der Waals surface area contributed by atoms with E-state index in [1.54, 1.807) is 0 Å². The first-order valence-electron chi connectivity index (χ1n) is 9.97. The van der Waals surface area contributed by atoms with E-state index in [1.807, 2.05) is 48.2 Å². The number of amides is 2. The molecular formula is C22H31N3O2. The van der Waals surface area contributed by atoms with E-state index >= 15 is 0 Å². The van der Waals surface area contributed by atoms with Crippen LogP contribution in [0.5, 0.6) is 0 Å². The lowest BCUT2D eigenvalue weighted by Gasteiger charge is -2.47. The van der Waals surface area contributed by atoms with Crippen molar-refractivity contribution in [2.24, 2.45) is 5.41 Å². The van der Waals surface area contributed by atoms with Gasteiger partial charge in [-0.05, 0) is 50.3 Å². The van der Waals surface area contributed by atoms with Crippen molar-refractivity contribution < 1.29 is 9.59 Å². The molecular weight excluding hydrogens is 338 g/mol. The van der Waals surface area contributed by atoms with Crippen LogP contribution in [0, 0.1) is 5.41 Å². The molecule has 1 aromatic carbocycles. The summed E-state index contributed by atoms with van der Waals surface area (Å²) in [6.07, 6.45) is 5.53. The van der Waals surface area contributed by atoms with E-state index < -0.39 is 0 Å². The van der Waals surface area contributed by atoms with Crippen molar-refractivity contribution in [2.75, 3.05) is 32.7 Å². The summed E-state index contributed by atoms with van der Waals surface area (Å²) in [6, 6.07) is 10.1. The Morgan fingerprint density at radius 3 is 2.63 bits per heavy atom. The molecule has 1 unspecified atom stereocenters. The summed E-state index contributed by atoms with van der Waals surface area (Å²) in [7, 11) is 0. The zero-order valence-electron chi connectivity index (χ0n) is 16.3. The molecule has 2 aliphatic rings. The van der Waals surface area contributed by atoms with Crippen LogP contribution >= 0.6 is 0 Å². The molecule has 5 heteroatoms. The van der Waals surface area contributed by atoms with Gasteiger partial charge in [0.1, 0.15) is 0 Å². The number of likely N-dealkylation sites (tertiary alicyclic amines) is 2. The van der Waals surface area contributed by atoms with E-state index in [0.717, 1.165) is 44.5 Å². The van der Waals surface area contributed by atoms with E-state index in [0.29, 0.717) is 19.5 Å². The van der Waals surface area contributed by atoms with Gasteiger partial charge in [0.15, 0.2) is 0 Å². The molecule has 2 heterocycles. The predicted molar refractivity (Wildman–Crippen MR) is 107 cm³/mol. The van der Waals surface area contributed by atoms with Crippen molar-refractivity contribution in [1.29, 1.82) is 0 Å². The van der Waals surface area contributed by atoms with Gasteiger partial charge in [-0.2, -0.15) is 0 Å². The zero-order chi connectivity index (χ0) is 19.3. The molecule has 0 aliphatic carbocycles. The molecule has 0 bridgehead atoms. The number of carbonyl (C=O) groups excluding carboxylic acids is 2. The van der Waals surface area contributed by atoms with Gasteiger partial charge in [0, 0.05) is 19.5 Å². The number of hydrogen-bond donors (Lipinski definition) is 1. The third-order valence-electron chi connectivity index (χ3n) is 6.06. The van der Waals surface area contributed by atoms with Crippen LogP contribution in [0.1, 0.15) is 44.2 Å². The third kappa shape index (κ3) is 4.98. The second-order valence-electron chi connectivity index (χ2n) is 8.04. The number of carbonyl (C=O) groups is 2. The summed E-state index contributed by atoms with van der Waals surface area (Å²) in [6.45, 7) is 9.55. The molecule has 0 radical (unpaired) electrons. The van der Waals surface area contributed by atoms with Crippen molar-refractivity contribution in [3.63, 3.8) is 0 Å². The average molecular weight is 370 g/mol. The van der Waals surface area contributed by atoms with Crippen LogP contribution in [0.2, 0.25) is 0 Å². The second-order valence-corrected chi connectivity index (χ2v) is 8.04. The summed E-state index contributed by atoms with van der Waals surface area (Å²) in [5, 5.41) is 3.10. The van der Waals surface area contributed by atoms with E-state index in [-0.39, 0.29) is 23.3 Å². The molecule has 1 atom stereocenters. The van der Waals surface area contributed by atoms with Crippen LogP contribution in [0.15, 0.2) is 43.0 Å². The fourth-order valence-electron chi connectivity index (χ4n) is 4.33. The highest BCUT2D eigenvalue weighted by molar-refractivity contribution is 5.78. The van der Waals surface area contributed by atoms with Gasteiger partial charge in [-0.3, -0.25) is 14.5 Å². The maximum Gasteiger partial charge on any atom is 0.234 e. The van der Waals surface area contributed by atoms with E-state index in [1.165, 1.54) is 0 Å². The van der Waals surface area contributed by atoms with Gasteiger partial charge >= 0.3 is 0 Å². The van der Waals surface area contributed by atoms with Gasteiger partial charge < -0.3 is 10.2 Å². The van der Waals surface area contributed by atoms with Gasteiger partial charge in [-0.15, -0.1) is 6.58 Å². The fourth-order valence-corrected chi connectivity index (χ4v) is 4.33. The molecule has 1 aromatic rings. The quantitative estimate of drug-likeness (QED) is 0.785. The third-order valence-corrected chi connectivity index (χ3v) is 6.06. The number of benzene rings is 1. The van der Waals surface area contributed by atoms with Crippen molar-refractivity contribution >= 4 is 11.8 Å². The minimum absolute atomic E-state index is 0.0200. The van der Waals surface area contributed by atoms with Crippen LogP contribution < -0.4 is 5.32 Å². The smallest absolute Gasteiger partial charge is 0.234 e. The van der Waals surface area contributed by atoms with E-state index in [4.69, 9.17) is 0 Å². The van der Waals surface area contributed by atoms with Gasteiger partial charge in [-0.1, -0.05) is 36.4 Å². The Morgan fingerprint density at radius 1 is 1.26 bits per heavy atom.